The quantitative estimate of drug-likeness (QED) is 0.377. The van der Waals surface area contributed by atoms with Gasteiger partial charge in [0.25, 0.3) is 0 Å². The van der Waals surface area contributed by atoms with Crippen LogP contribution in [-0.2, 0) is 0 Å². The molecule has 1 aromatic carbocycles. The van der Waals surface area contributed by atoms with Gasteiger partial charge in [0.2, 0.25) is 0 Å². The van der Waals surface area contributed by atoms with E-state index in [9.17, 15) is 0 Å². The minimum atomic E-state index is -0.341. The molecule has 0 aliphatic carbocycles. The summed E-state index contributed by atoms with van der Waals surface area (Å²) in [6.07, 6.45) is -0.341. The zero-order chi connectivity index (χ0) is 10.3. The Labute approximate surface area is 77.7 Å². The zero-order valence-corrected chi connectivity index (χ0v) is 7.57. The SMILES string of the molecule is CC(O)c1ccccc1.N=C(N)N. The van der Waals surface area contributed by atoms with Gasteiger partial charge in [-0.3, -0.25) is 5.41 Å². The summed E-state index contributed by atoms with van der Waals surface area (Å²) in [7, 11) is 0. The van der Waals surface area contributed by atoms with E-state index >= 15 is 0 Å². The van der Waals surface area contributed by atoms with Crippen LogP contribution in [0.1, 0.15) is 18.6 Å². The number of rotatable bonds is 1. The molecule has 72 valence electrons. The molecular formula is C9H15N3O. The zero-order valence-electron chi connectivity index (χ0n) is 7.57. The fourth-order valence-electron chi connectivity index (χ4n) is 0.732. The van der Waals surface area contributed by atoms with E-state index < -0.39 is 0 Å². The number of nitrogens with one attached hydrogen (secondary N) is 1. The first-order valence-corrected chi connectivity index (χ1v) is 3.86. The van der Waals surface area contributed by atoms with Crippen LogP contribution in [0.5, 0.6) is 0 Å². The van der Waals surface area contributed by atoms with E-state index in [1.54, 1.807) is 6.92 Å². The van der Waals surface area contributed by atoms with E-state index in [-0.39, 0.29) is 12.1 Å². The van der Waals surface area contributed by atoms with Crippen molar-refractivity contribution in [2.75, 3.05) is 0 Å². The third-order valence-electron chi connectivity index (χ3n) is 1.28. The number of guanidine groups is 1. The van der Waals surface area contributed by atoms with Gasteiger partial charge in [0.15, 0.2) is 5.96 Å². The predicted molar refractivity (Wildman–Crippen MR) is 53.2 cm³/mol. The largest absolute Gasteiger partial charge is 0.389 e. The van der Waals surface area contributed by atoms with Gasteiger partial charge < -0.3 is 16.6 Å². The first kappa shape index (κ1) is 11.4. The van der Waals surface area contributed by atoms with Crippen molar-refractivity contribution in [1.82, 2.24) is 0 Å². The Balaban J connectivity index is 0.000000310. The summed E-state index contributed by atoms with van der Waals surface area (Å²) in [6.45, 7) is 1.76. The van der Waals surface area contributed by atoms with Crippen molar-refractivity contribution in [3.63, 3.8) is 0 Å². The molecule has 4 heteroatoms. The minimum Gasteiger partial charge on any atom is -0.389 e. The van der Waals surface area contributed by atoms with Crippen LogP contribution in [0.3, 0.4) is 0 Å². The van der Waals surface area contributed by atoms with E-state index in [1.165, 1.54) is 0 Å². The standard InChI is InChI=1S/C8H10O.CH5N3/c1-7(9)8-5-3-2-4-6-8;2-1(3)4/h2-7,9H,1H3;(H5,2,3,4). The lowest BCUT2D eigenvalue weighted by Gasteiger charge is -2.00. The number of benzene rings is 1. The second kappa shape index (κ2) is 6.02. The second-order valence-electron chi connectivity index (χ2n) is 2.54. The van der Waals surface area contributed by atoms with Gasteiger partial charge in [-0.05, 0) is 12.5 Å². The first-order valence-electron chi connectivity index (χ1n) is 3.86. The Hall–Kier alpha value is -1.55. The van der Waals surface area contributed by atoms with Gasteiger partial charge in [-0.1, -0.05) is 30.3 Å². The fraction of sp³-hybridized carbons (Fsp3) is 0.222. The lowest BCUT2D eigenvalue weighted by Crippen LogP contribution is -2.20. The number of nitrogens with two attached hydrogens (primary N) is 2. The van der Waals surface area contributed by atoms with Crippen molar-refractivity contribution in [2.24, 2.45) is 11.5 Å². The molecule has 4 nitrogen and oxygen atoms in total. The highest BCUT2D eigenvalue weighted by molar-refractivity contribution is 5.71. The van der Waals surface area contributed by atoms with Crippen LogP contribution in [0.15, 0.2) is 30.3 Å². The van der Waals surface area contributed by atoms with E-state index in [2.05, 4.69) is 11.5 Å². The van der Waals surface area contributed by atoms with Gasteiger partial charge in [-0.2, -0.15) is 0 Å². The molecule has 0 saturated heterocycles. The van der Waals surface area contributed by atoms with Crippen LogP contribution in [0.4, 0.5) is 0 Å². The molecule has 1 atom stereocenters. The maximum Gasteiger partial charge on any atom is 0.183 e. The summed E-state index contributed by atoms with van der Waals surface area (Å²) < 4.78 is 0. The molecule has 0 saturated carbocycles. The fourth-order valence-corrected chi connectivity index (χ4v) is 0.732. The predicted octanol–water partition coefficient (Wildman–Crippen LogP) is 0.578. The van der Waals surface area contributed by atoms with E-state index in [0.29, 0.717) is 0 Å². The highest BCUT2D eigenvalue weighted by Gasteiger charge is 1.95. The number of hydrogen-bond acceptors (Lipinski definition) is 2. The van der Waals surface area contributed by atoms with Gasteiger partial charge in [-0.15, -0.1) is 0 Å². The molecule has 0 bridgehead atoms. The van der Waals surface area contributed by atoms with Crippen molar-refractivity contribution >= 4 is 5.96 Å². The summed E-state index contributed by atoms with van der Waals surface area (Å²) in [4.78, 5) is 0. The van der Waals surface area contributed by atoms with Crippen LogP contribution in [0.2, 0.25) is 0 Å². The smallest absolute Gasteiger partial charge is 0.183 e. The molecule has 0 amide bonds. The summed E-state index contributed by atoms with van der Waals surface area (Å²) in [5.74, 6) is -0.333. The first-order chi connectivity index (χ1) is 6.04. The van der Waals surface area contributed by atoms with Gasteiger partial charge in [0.05, 0.1) is 6.10 Å². The number of aliphatic hydroxyl groups excluding tert-OH is 1. The van der Waals surface area contributed by atoms with Crippen molar-refractivity contribution < 1.29 is 5.11 Å². The molecule has 1 aromatic rings. The lowest BCUT2D eigenvalue weighted by atomic mass is 10.1. The average molecular weight is 181 g/mol. The molecule has 0 spiro atoms. The van der Waals surface area contributed by atoms with Crippen LogP contribution in [0, 0.1) is 5.41 Å². The molecule has 1 rings (SSSR count). The van der Waals surface area contributed by atoms with Gasteiger partial charge >= 0.3 is 0 Å². The molecule has 0 fully saturated rings. The topological polar surface area (TPSA) is 96.1 Å². The molecule has 6 N–H and O–H groups in total. The molecule has 13 heavy (non-hydrogen) atoms. The van der Waals surface area contributed by atoms with Crippen LogP contribution < -0.4 is 11.5 Å². The highest BCUT2D eigenvalue weighted by Crippen LogP contribution is 2.08. The highest BCUT2D eigenvalue weighted by atomic mass is 16.3. The lowest BCUT2D eigenvalue weighted by molar-refractivity contribution is 0.199. The van der Waals surface area contributed by atoms with E-state index in [1.807, 2.05) is 30.3 Å². The average Bonchev–Trinajstić information content (AvgIpc) is 2.05. The Morgan fingerprint density at radius 1 is 1.31 bits per heavy atom. The molecule has 0 aliphatic rings. The Kier molecular flexibility index (Phi) is 5.30. The number of hydrogen-bond donors (Lipinski definition) is 4. The monoisotopic (exact) mass is 181 g/mol. The van der Waals surface area contributed by atoms with E-state index in [4.69, 9.17) is 10.5 Å². The van der Waals surface area contributed by atoms with Crippen LogP contribution in [0.25, 0.3) is 0 Å². The maximum atomic E-state index is 9.02. The van der Waals surface area contributed by atoms with Gasteiger partial charge in [-0.25, -0.2) is 0 Å². The third kappa shape index (κ3) is 6.83. The third-order valence-corrected chi connectivity index (χ3v) is 1.28. The summed E-state index contributed by atoms with van der Waals surface area (Å²) in [6, 6.07) is 9.59. The Morgan fingerprint density at radius 2 is 1.69 bits per heavy atom. The Morgan fingerprint density at radius 3 is 1.92 bits per heavy atom. The Bertz CT molecular complexity index is 242. The molecule has 0 radical (unpaired) electrons. The second-order valence-corrected chi connectivity index (χ2v) is 2.54. The number of aliphatic hydroxyl groups is 1. The van der Waals surface area contributed by atoms with Gasteiger partial charge in [0, 0.05) is 0 Å². The van der Waals surface area contributed by atoms with Crippen molar-refractivity contribution in [3.8, 4) is 0 Å². The molecule has 0 aromatic heterocycles. The van der Waals surface area contributed by atoms with Crippen molar-refractivity contribution in [2.45, 2.75) is 13.0 Å². The van der Waals surface area contributed by atoms with Gasteiger partial charge in [0.1, 0.15) is 0 Å². The van der Waals surface area contributed by atoms with Crippen LogP contribution in [-0.4, -0.2) is 11.1 Å². The molecular weight excluding hydrogens is 166 g/mol. The summed E-state index contributed by atoms with van der Waals surface area (Å²) in [5.41, 5.74) is 9.91. The summed E-state index contributed by atoms with van der Waals surface area (Å²) in [5, 5.41) is 15.1. The minimum absolute atomic E-state index is 0.333. The normalized spacial score (nSPS) is 10.9. The molecule has 0 aliphatic heterocycles. The van der Waals surface area contributed by atoms with Crippen molar-refractivity contribution in [3.05, 3.63) is 35.9 Å². The van der Waals surface area contributed by atoms with E-state index in [0.717, 1.165) is 5.56 Å². The van der Waals surface area contributed by atoms with Crippen molar-refractivity contribution in [1.29, 1.82) is 5.41 Å². The molecule has 1 unspecified atom stereocenters. The molecule has 0 heterocycles. The summed E-state index contributed by atoms with van der Waals surface area (Å²) >= 11 is 0. The maximum absolute atomic E-state index is 9.02. The van der Waals surface area contributed by atoms with Crippen LogP contribution >= 0.6 is 0 Å².